The molecule has 2 fully saturated rings. The number of halogens is 1. The minimum absolute atomic E-state index is 0.170. The number of hydrogen-bond acceptors (Lipinski definition) is 4. The summed E-state index contributed by atoms with van der Waals surface area (Å²) in [6.07, 6.45) is 3.12. The fraction of sp³-hybridized carbons (Fsp3) is 0.636. The van der Waals surface area contributed by atoms with Gasteiger partial charge in [-0.15, -0.1) is 0 Å². The Morgan fingerprint density at radius 2 is 2.28 bits per heavy atom. The van der Waals surface area contributed by atoms with Crippen LogP contribution >= 0.6 is 15.9 Å². The highest BCUT2D eigenvalue weighted by atomic mass is 79.9. The van der Waals surface area contributed by atoms with Crippen molar-refractivity contribution in [3.05, 3.63) is 16.5 Å². The molecule has 2 bridgehead atoms. The number of nitrogens with two attached hydrogens (primary N) is 1. The van der Waals surface area contributed by atoms with Crippen molar-refractivity contribution in [2.24, 2.45) is 11.7 Å². The van der Waals surface area contributed by atoms with Gasteiger partial charge in [-0.05, 0) is 41.1 Å². The van der Waals surface area contributed by atoms with Crippen molar-refractivity contribution in [3.8, 4) is 0 Å². The predicted octanol–water partition coefficient (Wildman–Crippen LogP) is 1.67. The van der Waals surface area contributed by atoms with Gasteiger partial charge in [0.2, 0.25) is 10.0 Å². The normalized spacial score (nSPS) is 28.1. The number of piperidine rings is 1. The van der Waals surface area contributed by atoms with Crippen LogP contribution in [0.3, 0.4) is 0 Å². The minimum atomic E-state index is -3.45. The second kappa shape index (κ2) is 4.33. The van der Waals surface area contributed by atoms with Gasteiger partial charge in [0.25, 0.3) is 0 Å². The van der Waals surface area contributed by atoms with Gasteiger partial charge >= 0.3 is 0 Å². The zero-order valence-electron chi connectivity index (χ0n) is 9.80. The molecule has 1 aromatic heterocycles. The summed E-state index contributed by atoms with van der Waals surface area (Å²) in [5.41, 5.74) is 5.47. The Labute approximate surface area is 114 Å². The molecule has 1 saturated heterocycles. The second-order valence-electron chi connectivity index (χ2n) is 4.96. The number of fused-ring (bicyclic) bond motifs is 2. The van der Waals surface area contributed by atoms with E-state index in [0.29, 0.717) is 18.2 Å². The summed E-state index contributed by atoms with van der Waals surface area (Å²) in [6, 6.07) is 1.69. The highest BCUT2D eigenvalue weighted by Gasteiger charge is 2.45. The van der Waals surface area contributed by atoms with Crippen LogP contribution in [0, 0.1) is 5.92 Å². The molecule has 1 saturated carbocycles. The highest BCUT2D eigenvalue weighted by Crippen LogP contribution is 2.41. The summed E-state index contributed by atoms with van der Waals surface area (Å²) < 4.78 is 32.3. The van der Waals surface area contributed by atoms with Crippen molar-refractivity contribution < 1.29 is 12.8 Å². The molecular formula is C11H15BrN2O3S. The SMILES string of the molecule is NCc1cc(S(=O)(=O)N2CC3CCC2C3)c(Br)o1. The Kier molecular flexibility index (Phi) is 3.04. The maximum Gasteiger partial charge on any atom is 0.247 e. The Hall–Kier alpha value is -0.370. The predicted molar refractivity (Wildman–Crippen MR) is 69.3 cm³/mol. The van der Waals surface area contributed by atoms with Gasteiger partial charge < -0.3 is 10.2 Å². The average Bonchev–Trinajstić information content (AvgIpc) is 3.02. The fourth-order valence-corrected chi connectivity index (χ4v) is 5.68. The van der Waals surface area contributed by atoms with E-state index in [4.69, 9.17) is 10.2 Å². The lowest BCUT2D eigenvalue weighted by Crippen LogP contribution is -2.37. The largest absolute Gasteiger partial charge is 0.452 e. The standard InChI is InChI=1S/C11H15BrN2O3S/c12-11-10(4-9(5-13)17-11)18(15,16)14-6-7-1-2-8(14)3-7/h4,7-8H,1-3,5-6,13H2. The van der Waals surface area contributed by atoms with Crippen LogP contribution in [0.4, 0.5) is 0 Å². The van der Waals surface area contributed by atoms with Crippen molar-refractivity contribution in [2.75, 3.05) is 6.54 Å². The van der Waals surface area contributed by atoms with Gasteiger partial charge in [0.05, 0.1) is 6.54 Å². The van der Waals surface area contributed by atoms with Gasteiger partial charge in [-0.1, -0.05) is 0 Å². The maximum absolute atomic E-state index is 12.6. The average molecular weight is 335 g/mol. The first-order valence-electron chi connectivity index (χ1n) is 6.02. The molecular weight excluding hydrogens is 320 g/mol. The van der Waals surface area contributed by atoms with Crippen LogP contribution < -0.4 is 5.73 Å². The Morgan fingerprint density at radius 1 is 1.50 bits per heavy atom. The fourth-order valence-electron chi connectivity index (χ4n) is 2.97. The molecule has 2 atom stereocenters. The van der Waals surface area contributed by atoms with E-state index in [1.165, 1.54) is 6.07 Å². The lowest BCUT2D eigenvalue weighted by Gasteiger charge is -2.25. The smallest absolute Gasteiger partial charge is 0.247 e. The lowest BCUT2D eigenvalue weighted by molar-refractivity contribution is 0.333. The van der Waals surface area contributed by atoms with Gasteiger partial charge in [0, 0.05) is 18.7 Å². The summed E-state index contributed by atoms with van der Waals surface area (Å²) in [5, 5.41) is 0. The van der Waals surface area contributed by atoms with Crippen LogP contribution in [0.2, 0.25) is 0 Å². The molecule has 0 aromatic carbocycles. The Balaban J connectivity index is 1.97. The van der Waals surface area contributed by atoms with E-state index in [1.54, 1.807) is 4.31 Å². The molecule has 2 aliphatic rings. The van der Waals surface area contributed by atoms with Crippen LogP contribution in [0.1, 0.15) is 25.0 Å². The number of sulfonamides is 1. The van der Waals surface area contributed by atoms with Crippen LogP contribution in [0.15, 0.2) is 20.0 Å². The third-order valence-electron chi connectivity index (χ3n) is 3.85. The third-order valence-corrected chi connectivity index (χ3v) is 6.63. The van der Waals surface area contributed by atoms with Crippen molar-refractivity contribution in [2.45, 2.75) is 36.7 Å². The first-order chi connectivity index (χ1) is 8.52. The van der Waals surface area contributed by atoms with Crippen molar-refractivity contribution >= 4 is 26.0 Å². The summed E-state index contributed by atoms with van der Waals surface area (Å²) in [4.78, 5) is 0.204. The molecule has 2 N–H and O–H groups in total. The van der Waals surface area contributed by atoms with Crippen LogP contribution in [-0.4, -0.2) is 25.3 Å². The van der Waals surface area contributed by atoms with E-state index in [2.05, 4.69) is 15.9 Å². The van der Waals surface area contributed by atoms with Crippen molar-refractivity contribution in [3.63, 3.8) is 0 Å². The lowest BCUT2D eigenvalue weighted by atomic mass is 10.1. The molecule has 0 spiro atoms. The topological polar surface area (TPSA) is 76.5 Å². The Morgan fingerprint density at radius 3 is 2.78 bits per heavy atom. The molecule has 0 amide bonds. The van der Waals surface area contributed by atoms with Gasteiger partial charge in [-0.2, -0.15) is 4.31 Å². The van der Waals surface area contributed by atoms with Gasteiger partial charge in [-0.3, -0.25) is 0 Å². The van der Waals surface area contributed by atoms with Crippen molar-refractivity contribution in [1.82, 2.24) is 4.31 Å². The van der Waals surface area contributed by atoms with Crippen LogP contribution in [0.5, 0.6) is 0 Å². The van der Waals surface area contributed by atoms with E-state index in [9.17, 15) is 8.42 Å². The zero-order chi connectivity index (χ0) is 12.9. The second-order valence-corrected chi connectivity index (χ2v) is 7.54. The van der Waals surface area contributed by atoms with Crippen LogP contribution in [0.25, 0.3) is 0 Å². The number of rotatable bonds is 3. The number of furan rings is 1. The minimum Gasteiger partial charge on any atom is -0.452 e. The first-order valence-corrected chi connectivity index (χ1v) is 8.26. The number of nitrogens with zero attached hydrogens (tertiary/aromatic N) is 1. The van der Waals surface area contributed by atoms with Crippen molar-refractivity contribution in [1.29, 1.82) is 0 Å². The van der Waals surface area contributed by atoms with E-state index in [-0.39, 0.29) is 22.2 Å². The monoisotopic (exact) mass is 334 g/mol. The van der Waals surface area contributed by atoms with E-state index in [0.717, 1.165) is 19.3 Å². The van der Waals surface area contributed by atoms with Gasteiger partial charge in [0.15, 0.2) is 4.67 Å². The van der Waals surface area contributed by atoms with Gasteiger partial charge in [0.1, 0.15) is 10.7 Å². The van der Waals surface area contributed by atoms with E-state index < -0.39 is 10.0 Å². The molecule has 3 rings (SSSR count). The first kappa shape index (κ1) is 12.7. The summed E-state index contributed by atoms with van der Waals surface area (Å²) in [6.45, 7) is 0.836. The molecule has 5 nitrogen and oxygen atoms in total. The summed E-state index contributed by atoms with van der Waals surface area (Å²) in [5.74, 6) is 1.01. The van der Waals surface area contributed by atoms with E-state index >= 15 is 0 Å². The molecule has 0 radical (unpaired) electrons. The maximum atomic E-state index is 12.6. The highest BCUT2D eigenvalue weighted by molar-refractivity contribution is 9.10. The third kappa shape index (κ3) is 1.84. The molecule has 1 aliphatic carbocycles. The summed E-state index contributed by atoms with van der Waals surface area (Å²) >= 11 is 3.17. The summed E-state index contributed by atoms with van der Waals surface area (Å²) in [7, 11) is -3.45. The molecule has 7 heteroatoms. The zero-order valence-corrected chi connectivity index (χ0v) is 12.2. The quantitative estimate of drug-likeness (QED) is 0.912. The molecule has 2 unspecified atom stereocenters. The molecule has 18 heavy (non-hydrogen) atoms. The molecule has 2 heterocycles. The molecule has 100 valence electrons. The Bertz CT molecular complexity index is 569. The molecule has 1 aromatic rings. The van der Waals surface area contributed by atoms with Crippen LogP contribution in [-0.2, 0) is 16.6 Å². The van der Waals surface area contributed by atoms with Gasteiger partial charge in [-0.25, -0.2) is 8.42 Å². The molecule has 1 aliphatic heterocycles. The van der Waals surface area contributed by atoms with E-state index in [1.807, 2.05) is 0 Å². The number of hydrogen-bond donors (Lipinski definition) is 1.